The number of benzene rings is 2. The first-order valence-electron chi connectivity index (χ1n) is 14.6. The molecular formula is C33H33FN6O6. The van der Waals surface area contributed by atoms with Gasteiger partial charge in [0.1, 0.15) is 34.9 Å². The maximum atomic E-state index is 13.7. The number of rotatable bonds is 8. The molecule has 2 aromatic carbocycles. The van der Waals surface area contributed by atoms with Gasteiger partial charge in [0.15, 0.2) is 0 Å². The lowest BCUT2D eigenvalue weighted by molar-refractivity contribution is -0.123. The molecule has 1 fully saturated rings. The molecule has 13 heteroatoms. The van der Waals surface area contributed by atoms with Crippen molar-refractivity contribution in [2.75, 3.05) is 31.7 Å². The standard InChI is InChI=1S/C33H33FN6O6/c1-17-8-19-9-20(10-24(26(19)36-12-17)39-31(43)38-22-13-45-14-22)29(41)37-15-33(3,44)25-11-23-28(46-16-32(23,2)30(35)42)27(40-25)18-4-6-21(34)7-5-18/h4-12,22,44H,13-16H2,1-3H3,(H2,35,42)(H,37,41)(H2,38,39,43)/t32-,33-/m0/s1. The van der Waals surface area contributed by atoms with Crippen LogP contribution in [0.15, 0.2) is 54.7 Å². The third-order valence-electron chi connectivity index (χ3n) is 8.28. The van der Waals surface area contributed by atoms with Gasteiger partial charge in [-0.05, 0) is 74.9 Å². The quantitative estimate of drug-likeness (QED) is 0.198. The van der Waals surface area contributed by atoms with Gasteiger partial charge in [0, 0.05) is 28.3 Å². The molecule has 2 aliphatic rings. The highest BCUT2D eigenvalue weighted by Crippen LogP contribution is 2.45. The number of aliphatic hydroxyl groups is 1. The Kier molecular flexibility index (Phi) is 7.82. The minimum absolute atomic E-state index is 0.0327. The van der Waals surface area contributed by atoms with Gasteiger partial charge in [-0.2, -0.15) is 0 Å². The van der Waals surface area contributed by atoms with Gasteiger partial charge in [0.05, 0.1) is 42.7 Å². The molecule has 0 saturated carbocycles. The number of ether oxygens (including phenoxy) is 2. The number of amides is 4. The summed E-state index contributed by atoms with van der Waals surface area (Å²) >= 11 is 0. The van der Waals surface area contributed by atoms with Crippen LogP contribution in [0.5, 0.6) is 5.75 Å². The highest BCUT2D eigenvalue weighted by molar-refractivity contribution is 6.05. The normalized spacial score (nSPS) is 18.5. The van der Waals surface area contributed by atoms with E-state index in [0.29, 0.717) is 52.4 Å². The molecule has 1 saturated heterocycles. The summed E-state index contributed by atoms with van der Waals surface area (Å²) in [6.07, 6.45) is 1.67. The maximum absolute atomic E-state index is 13.7. The summed E-state index contributed by atoms with van der Waals surface area (Å²) in [5.41, 5.74) is 6.10. The number of hydrogen-bond acceptors (Lipinski definition) is 8. The number of fused-ring (bicyclic) bond motifs is 2. The van der Waals surface area contributed by atoms with Crippen LogP contribution in [0.4, 0.5) is 14.9 Å². The first-order chi connectivity index (χ1) is 21.8. The van der Waals surface area contributed by atoms with E-state index in [1.54, 1.807) is 25.3 Å². The number of hydrogen-bond donors (Lipinski definition) is 5. The molecule has 0 bridgehead atoms. The molecule has 4 amide bonds. The fourth-order valence-corrected chi connectivity index (χ4v) is 5.36. The summed E-state index contributed by atoms with van der Waals surface area (Å²) < 4.78 is 24.7. The molecule has 238 valence electrons. The van der Waals surface area contributed by atoms with Gasteiger partial charge in [-0.25, -0.2) is 14.2 Å². The van der Waals surface area contributed by atoms with Crippen LogP contribution in [-0.2, 0) is 20.5 Å². The Morgan fingerprint density at radius 1 is 1.15 bits per heavy atom. The van der Waals surface area contributed by atoms with E-state index in [9.17, 15) is 23.9 Å². The Morgan fingerprint density at radius 2 is 1.89 bits per heavy atom. The van der Waals surface area contributed by atoms with Crippen LogP contribution in [0, 0.1) is 12.7 Å². The van der Waals surface area contributed by atoms with Crippen LogP contribution < -0.4 is 26.4 Å². The number of aromatic nitrogens is 2. The lowest BCUT2D eigenvalue weighted by atomic mass is 9.82. The van der Waals surface area contributed by atoms with Gasteiger partial charge in [-0.15, -0.1) is 0 Å². The average molecular weight is 629 g/mol. The Hall–Kier alpha value is -5.14. The zero-order valence-electron chi connectivity index (χ0n) is 25.4. The number of nitrogens with zero attached hydrogens (tertiary/aromatic N) is 2. The lowest BCUT2D eigenvalue weighted by Gasteiger charge is -2.27. The van der Waals surface area contributed by atoms with Gasteiger partial charge >= 0.3 is 6.03 Å². The van der Waals surface area contributed by atoms with E-state index in [1.165, 1.54) is 37.3 Å². The summed E-state index contributed by atoms with van der Waals surface area (Å²) in [5.74, 6) is -1.28. The van der Waals surface area contributed by atoms with Crippen molar-refractivity contribution >= 4 is 34.4 Å². The minimum atomic E-state index is -1.73. The smallest absolute Gasteiger partial charge is 0.319 e. The van der Waals surface area contributed by atoms with Crippen LogP contribution in [0.1, 0.15) is 41.0 Å². The van der Waals surface area contributed by atoms with Crippen molar-refractivity contribution in [1.82, 2.24) is 20.6 Å². The van der Waals surface area contributed by atoms with Crippen LogP contribution in [0.25, 0.3) is 22.2 Å². The molecule has 6 rings (SSSR count). The number of halogens is 1. The predicted octanol–water partition coefficient (Wildman–Crippen LogP) is 3.04. The summed E-state index contributed by atoms with van der Waals surface area (Å²) in [6.45, 7) is 5.52. The number of nitrogens with two attached hydrogens (primary N) is 1. The molecular weight excluding hydrogens is 595 g/mol. The topological polar surface area (TPSA) is 178 Å². The lowest BCUT2D eigenvalue weighted by Crippen LogP contribution is -2.50. The third kappa shape index (κ3) is 5.82. The maximum Gasteiger partial charge on any atom is 0.319 e. The molecule has 0 unspecified atom stereocenters. The molecule has 0 spiro atoms. The highest BCUT2D eigenvalue weighted by atomic mass is 19.1. The number of anilines is 1. The SMILES string of the molecule is Cc1cnc2c(NC(=O)NC3COC3)cc(C(=O)NC[C@](C)(O)c3cc4c(c(-c5ccc(F)cc5)n3)OC[C@]4(C)C(N)=O)cc2c1. The summed E-state index contributed by atoms with van der Waals surface area (Å²) in [5, 5.41) is 20.6. The summed E-state index contributed by atoms with van der Waals surface area (Å²) in [7, 11) is 0. The number of primary amides is 1. The summed E-state index contributed by atoms with van der Waals surface area (Å²) in [4.78, 5) is 47.7. The molecule has 6 N–H and O–H groups in total. The number of nitrogens with one attached hydrogen (secondary N) is 3. The fraction of sp³-hybridized carbons (Fsp3) is 0.303. The summed E-state index contributed by atoms with van der Waals surface area (Å²) in [6, 6.07) is 11.6. The van der Waals surface area contributed by atoms with Crippen LogP contribution >= 0.6 is 0 Å². The molecule has 2 aliphatic heterocycles. The second kappa shape index (κ2) is 11.7. The number of pyridine rings is 2. The van der Waals surface area contributed by atoms with Crippen LogP contribution in [0.3, 0.4) is 0 Å². The van der Waals surface area contributed by atoms with E-state index in [-0.39, 0.29) is 30.5 Å². The molecule has 4 aromatic rings. The Balaban J connectivity index is 1.30. The van der Waals surface area contributed by atoms with Gasteiger partial charge in [-0.1, -0.05) is 0 Å². The molecule has 2 aromatic heterocycles. The number of urea groups is 1. The van der Waals surface area contributed by atoms with E-state index in [0.717, 1.165) is 5.56 Å². The zero-order valence-corrected chi connectivity index (χ0v) is 25.4. The van der Waals surface area contributed by atoms with Crippen LogP contribution in [-0.4, -0.2) is 65.3 Å². The molecule has 0 radical (unpaired) electrons. The minimum Gasteiger partial charge on any atom is -0.489 e. The second-order valence-corrected chi connectivity index (χ2v) is 12.1. The van der Waals surface area contributed by atoms with Crippen molar-refractivity contribution in [2.45, 2.75) is 37.8 Å². The first-order valence-corrected chi connectivity index (χ1v) is 14.6. The van der Waals surface area contributed by atoms with Gasteiger partial charge in [-0.3, -0.25) is 14.6 Å². The van der Waals surface area contributed by atoms with Crippen molar-refractivity contribution < 1.29 is 33.4 Å². The van der Waals surface area contributed by atoms with Crippen molar-refractivity contribution in [1.29, 1.82) is 0 Å². The van der Waals surface area contributed by atoms with Crippen molar-refractivity contribution in [3.05, 3.63) is 82.9 Å². The van der Waals surface area contributed by atoms with Crippen LogP contribution in [0.2, 0.25) is 0 Å². The number of carbonyl (C=O) groups is 3. The Labute approximate surface area is 263 Å². The highest BCUT2D eigenvalue weighted by Gasteiger charge is 2.45. The molecule has 2 atom stereocenters. The van der Waals surface area contributed by atoms with Crippen molar-refractivity contribution in [2.24, 2.45) is 5.73 Å². The zero-order chi connectivity index (χ0) is 32.8. The largest absolute Gasteiger partial charge is 0.489 e. The predicted molar refractivity (Wildman–Crippen MR) is 167 cm³/mol. The second-order valence-electron chi connectivity index (χ2n) is 12.1. The third-order valence-corrected chi connectivity index (χ3v) is 8.28. The first kappa shape index (κ1) is 30.9. The average Bonchev–Trinajstić information content (AvgIpc) is 3.35. The van der Waals surface area contributed by atoms with E-state index in [1.807, 2.05) is 13.0 Å². The number of carbonyl (C=O) groups excluding carboxylic acids is 3. The van der Waals surface area contributed by atoms with Gasteiger partial charge in [0.25, 0.3) is 5.91 Å². The van der Waals surface area contributed by atoms with Crippen molar-refractivity contribution in [3.63, 3.8) is 0 Å². The monoisotopic (exact) mass is 628 g/mol. The van der Waals surface area contributed by atoms with E-state index < -0.39 is 34.7 Å². The van der Waals surface area contributed by atoms with E-state index in [4.69, 9.17) is 15.2 Å². The molecule has 12 nitrogen and oxygen atoms in total. The molecule has 46 heavy (non-hydrogen) atoms. The fourth-order valence-electron chi connectivity index (χ4n) is 5.36. The Morgan fingerprint density at radius 3 is 2.57 bits per heavy atom. The van der Waals surface area contributed by atoms with E-state index >= 15 is 0 Å². The van der Waals surface area contributed by atoms with E-state index in [2.05, 4.69) is 25.9 Å². The van der Waals surface area contributed by atoms with Crippen molar-refractivity contribution in [3.8, 4) is 17.0 Å². The molecule has 0 aliphatic carbocycles. The van der Waals surface area contributed by atoms with Gasteiger partial charge < -0.3 is 36.3 Å². The Bertz CT molecular complexity index is 1880. The van der Waals surface area contributed by atoms with Gasteiger partial charge in [0.2, 0.25) is 5.91 Å². The number of aryl methyl sites for hydroxylation is 1. The molecule has 4 heterocycles.